The molecule has 0 spiro atoms. The van der Waals surface area contributed by atoms with Gasteiger partial charge in [0.25, 0.3) is 0 Å². The third-order valence-electron chi connectivity index (χ3n) is 2.68. The molecule has 0 radical (unpaired) electrons. The van der Waals surface area contributed by atoms with Gasteiger partial charge in [0, 0.05) is 6.92 Å². The summed E-state index contributed by atoms with van der Waals surface area (Å²) in [7, 11) is 0. The van der Waals surface area contributed by atoms with Gasteiger partial charge in [-0.15, -0.1) is 0 Å². The van der Waals surface area contributed by atoms with E-state index in [0.717, 1.165) is 12.8 Å². The third-order valence-corrected chi connectivity index (χ3v) is 2.68. The van der Waals surface area contributed by atoms with Gasteiger partial charge in [-0.25, -0.2) is 0 Å². The van der Waals surface area contributed by atoms with E-state index in [1.54, 1.807) is 0 Å². The molecule has 1 unspecified atom stereocenters. The van der Waals surface area contributed by atoms with Crippen LogP contribution in [0.1, 0.15) is 40.5 Å². The van der Waals surface area contributed by atoms with Crippen molar-refractivity contribution >= 4 is 5.97 Å². The van der Waals surface area contributed by atoms with Crippen molar-refractivity contribution in [3.05, 3.63) is 11.6 Å². The third kappa shape index (κ3) is 4.47. The summed E-state index contributed by atoms with van der Waals surface area (Å²) in [4.78, 5) is 10.5. The molecular formula is C12H20O3. The second-order valence-electron chi connectivity index (χ2n) is 4.60. The molecule has 86 valence electrons. The Kier molecular flexibility index (Phi) is 3.91. The summed E-state index contributed by atoms with van der Waals surface area (Å²) in [5.74, 6) is -0.231. The smallest absolute Gasteiger partial charge is 0.302 e. The van der Waals surface area contributed by atoms with Gasteiger partial charge >= 0.3 is 5.97 Å². The average Bonchev–Trinajstić information content (AvgIpc) is 2.70. The van der Waals surface area contributed by atoms with Crippen LogP contribution in [0.4, 0.5) is 0 Å². The van der Waals surface area contributed by atoms with Crippen molar-refractivity contribution in [3.8, 4) is 0 Å². The fourth-order valence-corrected chi connectivity index (χ4v) is 1.50. The summed E-state index contributed by atoms with van der Waals surface area (Å²) in [6.45, 7) is 8.07. The molecule has 3 heteroatoms. The van der Waals surface area contributed by atoms with Crippen LogP contribution in [0, 0.1) is 0 Å². The van der Waals surface area contributed by atoms with Crippen LogP contribution in [0.15, 0.2) is 11.6 Å². The number of esters is 1. The van der Waals surface area contributed by atoms with Gasteiger partial charge in [-0.05, 0) is 39.7 Å². The lowest BCUT2D eigenvalue weighted by molar-refractivity contribution is -0.139. The van der Waals surface area contributed by atoms with E-state index in [4.69, 9.17) is 9.47 Å². The van der Waals surface area contributed by atoms with Crippen LogP contribution >= 0.6 is 0 Å². The van der Waals surface area contributed by atoms with Crippen LogP contribution in [-0.4, -0.2) is 24.3 Å². The molecule has 0 bridgehead atoms. The first kappa shape index (κ1) is 12.2. The lowest BCUT2D eigenvalue weighted by Crippen LogP contribution is -2.03. The Balaban J connectivity index is 2.13. The Morgan fingerprint density at radius 3 is 2.53 bits per heavy atom. The van der Waals surface area contributed by atoms with E-state index >= 15 is 0 Å². The predicted molar refractivity (Wildman–Crippen MR) is 58.6 cm³/mol. The van der Waals surface area contributed by atoms with Crippen LogP contribution in [0.5, 0.6) is 0 Å². The Morgan fingerprint density at radius 1 is 1.47 bits per heavy atom. The molecule has 0 aromatic heterocycles. The number of ether oxygens (including phenoxy) is 2. The SMILES string of the molecule is CC(=O)OCC=C(C)CCC1OC1(C)C. The molecule has 1 heterocycles. The van der Waals surface area contributed by atoms with Gasteiger partial charge in [-0.2, -0.15) is 0 Å². The van der Waals surface area contributed by atoms with Crippen LogP contribution in [-0.2, 0) is 14.3 Å². The van der Waals surface area contributed by atoms with Crippen molar-refractivity contribution in [2.24, 2.45) is 0 Å². The number of carbonyl (C=O) groups is 1. The minimum atomic E-state index is -0.231. The normalized spacial score (nSPS) is 23.7. The molecule has 15 heavy (non-hydrogen) atoms. The summed E-state index contributed by atoms with van der Waals surface area (Å²) < 4.78 is 10.3. The maximum Gasteiger partial charge on any atom is 0.302 e. The molecule has 1 fully saturated rings. The summed E-state index contributed by atoms with van der Waals surface area (Å²) >= 11 is 0. The topological polar surface area (TPSA) is 38.8 Å². The van der Waals surface area contributed by atoms with Gasteiger partial charge in [0.2, 0.25) is 0 Å². The van der Waals surface area contributed by atoms with E-state index in [9.17, 15) is 4.79 Å². The van der Waals surface area contributed by atoms with Crippen LogP contribution in [0.3, 0.4) is 0 Å². The molecule has 1 aliphatic rings. The standard InChI is InChI=1S/C12H20O3/c1-9(7-8-14-10(2)13)5-6-11-12(3,4)15-11/h7,11H,5-6,8H2,1-4H3. The number of hydrogen-bond acceptors (Lipinski definition) is 3. The second kappa shape index (κ2) is 4.79. The Hall–Kier alpha value is -0.830. The Labute approximate surface area is 91.4 Å². The molecule has 1 rings (SSSR count). The number of rotatable bonds is 5. The fraction of sp³-hybridized carbons (Fsp3) is 0.750. The van der Waals surface area contributed by atoms with Crippen LogP contribution < -0.4 is 0 Å². The molecule has 0 aliphatic carbocycles. The van der Waals surface area contributed by atoms with Gasteiger partial charge in [0.1, 0.15) is 6.61 Å². The molecule has 1 aliphatic heterocycles. The summed E-state index contributed by atoms with van der Waals surface area (Å²) in [5, 5.41) is 0. The minimum absolute atomic E-state index is 0.0795. The molecule has 1 saturated heterocycles. The second-order valence-corrected chi connectivity index (χ2v) is 4.60. The predicted octanol–water partition coefficient (Wildman–Crippen LogP) is 2.45. The van der Waals surface area contributed by atoms with E-state index in [2.05, 4.69) is 20.8 Å². The fourth-order valence-electron chi connectivity index (χ4n) is 1.50. The first-order valence-electron chi connectivity index (χ1n) is 5.38. The number of hydrogen-bond donors (Lipinski definition) is 0. The number of epoxide rings is 1. The first-order chi connectivity index (χ1) is 6.92. The maximum absolute atomic E-state index is 10.5. The van der Waals surface area contributed by atoms with Crippen molar-refractivity contribution in [2.45, 2.75) is 52.2 Å². The Bertz CT molecular complexity index is 266. The minimum Gasteiger partial charge on any atom is -0.462 e. The van der Waals surface area contributed by atoms with E-state index in [1.807, 2.05) is 6.08 Å². The first-order valence-corrected chi connectivity index (χ1v) is 5.38. The van der Waals surface area contributed by atoms with E-state index in [-0.39, 0.29) is 11.6 Å². The van der Waals surface area contributed by atoms with Gasteiger partial charge in [-0.3, -0.25) is 4.79 Å². The quantitative estimate of drug-likeness (QED) is 0.399. The van der Waals surface area contributed by atoms with Gasteiger partial charge in [0.05, 0.1) is 11.7 Å². The lowest BCUT2D eigenvalue weighted by Gasteiger charge is -2.01. The molecular weight excluding hydrogens is 192 g/mol. The van der Waals surface area contributed by atoms with Crippen molar-refractivity contribution in [1.82, 2.24) is 0 Å². The van der Waals surface area contributed by atoms with Crippen molar-refractivity contribution in [3.63, 3.8) is 0 Å². The molecule has 3 nitrogen and oxygen atoms in total. The molecule has 0 saturated carbocycles. The summed E-state index contributed by atoms with van der Waals surface area (Å²) in [6, 6.07) is 0. The highest BCUT2D eigenvalue weighted by Gasteiger charge is 2.46. The average molecular weight is 212 g/mol. The van der Waals surface area contributed by atoms with Gasteiger partial charge in [0.15, 0.2) is 0 Å². The number of allylic oxidation sites excluding steroid dienone is 1. The van der Waals surface area contributed by atoms with Crippen LogP contribution in [0.2, 0.25) is 0 Å². The van der Waals surface area contributed by atoms with Gasteiger partial charge < -0.3 is 9.47 Å². The zero-order chi connectivity index (χ0) is 11.5. The monoisotopic (exact) mass is 212 g/mol. The molecule has 1 atom stereocenters. The maximum atomic E-state index is 10.5. The van der Waals surface area contributed by atoms with E-state index in [1.165, 1.54) is 12.5 Å². The van der Waals surface area contributed by atoms with Crippen LogP contribution in [0.25, 0.3) is 0 Å². The molecule has 0 aromatic carbocycles. The zero-order valence-electron chi connectivity index (χ0n) is 10.0. The Morgan fingerprint density at radius 2 is 2.07 bits per heavy atom. The lowest BCUT2D eigenvalue weighted by atomic mass is 10.0. The zero-order valence-corrected chi connectivity index (χ0v) is 10.0. The van der Waals surface area contributed by atoms with Gasteiger partial charge in [-0.1, -0.05) is 5.57 Å². The molecule has 0 aromatic rings. The van der Waals surface area contributed by atoms with Crippen molar-refractivity contribution in [2.75, 3.05) is 6.61 Å². The molecule has 0 N–H and O–H groups in total. The van der Waals surface area contributed by atoms with Crippen molar-refractivity contribution in [1.29, 1.82) is 0 Å². The van der Waals surface area contributed by atoms with E-state index < -0.39 is 0 Å². The highest BCUT2D eigenvalue weighted by molar-refractivity contribution is 5.66. The highest BCUT2D eigenvalue weighted by Crippen LogP contribution is 2.38. The summed E-state index contributed by atoms with van der Waals surface area (Å²) in [5.41, 5.74) is 1.33. The number of carbonyl (C=O) groups excluding carboxylic acids is 1. The largest absolute Gasteiger partial charge is 0.462 e. The molecule has 0 amide bonds. The van der Waals surface area contributed by atoms with E-state index in [0.29, 0.717) is 12.7 Å². The highest BCUT2D eigenvalue weighted by atomic mass is 16.6. The summed E-state index contributed by atoms with van der Waals surface area (Å²) in [6.07, 6.45) is 4.41. The van der Waals surface area contributed by atoms with Crippen molar-refractivity contribution < 1.29 is 14.3 Å².